The first-order valence-electron chi connectivity index (χ1n) is 6.37. The van der Waals surface area contributed by atoms with Gasteiger partial charge in [0, 0.05) is 24.3 Å². The van der Waals surface area contributed by atoms with Crippen molar-refractivity contribution in [2.45, 2.75) is 33.4 Å². The summed E-state index contributed by atoms with van der Waals surface area (Å²) in [7, 11) is 0. The summed E-state index contributed by atoms with van der Waals surface area (Å²) in [5.74, 6) is 0.902. The number of halogens is 1. The van der Waals surface area contributed by atoms with Crippen molar-refractivity contribution in [3.8, 4) is 0 Å². The molecule has 1 aromatic carbocycles. The van der Waals surface area contributed by atoms with Crippen LogP contribution in [0.3, 0.4) is 0 Å². The molecule has 0 spiro atoms. The van der Waals surface area contributed by atoms with E-state index in [1.54, 1.807) is 6.20 Å². The van der Waals surface area contributed by atoms with E-state index in [2.05, 4.69) is 40.8 Å². The Morgan fingerprint density at radius 1 is 1.21 bits per heavy atom. The van der Waals surface area contributed by atoms with Crippen LogP contribution in [-0.2, 0) is 6.54 Å². The van der Waals surface area contributed by atoms with Crippen LogP contribution in [0, 0.1) is 6.92 Å². The first kappa shape index (κ1) is 13.8. The minimum Gasteiger partial charge on any atom is -0.349 e. The molecule has 0 saturated carbocycles. The topological polar surface area (TPSA) is 29.0 Å². The largest absolute Gasteiger partial charge is 0.349 e. The zero-order valence-corrected chi connectivity index (χ0v) is 12.2. The van der Waals surface area contributed by atoms with E-state index in [4.69, 9.17) is 11.6 Å². The molecule has 1 aromatic heterocycles. The third kappa shape index (κ3) is 3.44. The molecule has 0 fully saturated rings. The first-order valence-corrected chi connectivity index (χ1v) is 6.75. The number of nitrogens with zero attached hydrogens (tertiary/aromatic N) is 3. The number of benzene rings is 1. The Morgan fingerprint density at radius 3 is 2.53 bits per heavy atom. The molecule has 0 radical (unpaired) electrons. The first-order chi connectivity index (χ1) is 9.08. The maximum atomic E-state index is 5.92. The summed E-state index contributed by atoms with van der Waals surface area (Å²) in [6.45, 7) is 7.12. The van der Waals surface area contributed by atoms with Crippen LogP contribution in [0.25, 0.3) is 0 Å². The molecule has 0 N–H and O–H groups in total. The highest BCUT2D eigenvalue weighted by atomic mass is 35.5. The number of anilines is 1. The summed E-state index contributed by atoms with van der Waals surface area (Å²) in [6, 6.07) is 10.7. The van der Waals surface area contributed by atoms with Crippen LogP contribution in [0.4, 0.5) is 5.82 Å². The van der Waals surface area contributed by atoms with Gasteiger partial charge in [0.25, 0.3) is 0 Å². The van der Waals surface area contributed by atoms with E-state index in [9.17, 15) is 0 Å². The lowest BCUT2D eigenvalue weighted by atomic mass is 10.1. The Morgan fingerprint density at radius 2 is 1.89 bits per heavy atom. The molecule has 0 atom stereocenters. The van der Waals surface area contributed by atoms with E-state index in [1.807, 2.05) is 25.1 Å². The van der Waals surface area contributed by atoms with Gasteiger partial charge >= 0.3 is 0 Å². The Balaban J connectivity index is 2.32. The quantitative estimate of drug-likeness (QED) is 0.794. The van der Waals surface area contributed by atoms with E-state index >= 15 is 0 Å². The molecule has 100 valence electrons. The second kappa shape index (κ2) is 6.02. The number of hydrogen-bond donors (Lipinski definition) is 0. The van der Waals surface area contributed by atoms with Gasteiger partial charge in [-0.1, -0.05) is 30.3 Å². The molecule has 0 amide bonds. The van der Waals surface area contributed by atoms with Gasteiger partial charge in [0.2, 0.25) is 5.28 Å². The van der Waals surface area contributed by atoms with Crippen molar-refractivity contribution in [2.24, 2.45) is 0 Å². The third-order valence-electron chi connectivity index (χ3n) is 3.01. The summed E-state index contributed by atoms with van der Waals surface area (Å²) < 4.78 is 0. The molecule has 19 heavy (non-hydrogen) atoms. The van der Waals surface area contributed by atoms with Gasteiger partial charge in [0.15, 0.2) is 0 Å². The van der Waals surface area contributed by atoms with Crippen molar-refractivity contribution in [3.63, 3.8) is 0 Å². The standard InChI is InChI=1S/C15H18ClN3/c1-11(2)19(10-13-7-5-4-6-8-13)14-12(3)9-17-15(16)18-14/h4-9,11H,10H2,1-3H3. The summed E-state index contributed by atoms with van der Waals surface area (Å²) in [6.07, 6.45) is 1.77. The van der Waals surface area contributed by atoms with Crippen molar-refractivity contribution >= 4 is 17.4 Å². The normalized spacial score (nSPS) is 10.8. The van der Waals surface area contributed by atoms with Gasteiger partial charge in [0.05, 0.1) is 0 Å². The van der Waals surface area contributed by atoms with Gasteiger partial charge in [-0.2, -0.15) is 0 Å². The Bertz CT molecular complexity index is 540. The molecule has 1 heterocycles. The maximum Gasteiger partial charge on any atom is 0.224 e. The monoisotopic (exact) mass is 275 g/mol. The van der Waals surface area contributed by atoms with Crippen LogP contribution in [0.1, 0.15) is 25.0 Å². The predicted molar refractivity (Wildman–Crippen MR) is 79.5 cm³/mol. The SMILES string of the molecule is Cc1cnc(Cl)nc1N(Cc1ccccc1)C(C)C. The summed E-state index contributed by atoms with van der Waals surface area (Å²) >= 11 is 5.92. The Kier molecular flexibility index (Phi) is 4.38. The van der Waals surface area contributed by atoms with Gasteiger partial charge in [0.1, 0.15) is 5.82 Å². The summed E-state index contributed by atoms with van der Waals surface area (Å²) in [4.78, 5) is 10.6. The zero-order chi connectivity index (χ0) is 13.8. The summed E-state index contributed by atoms with van der Waals surface area (Å²) in [5, 5.41) is 0.291. The highest BCUT2D eigenvalue weighted by Crippen LogP contribution is 2.22. The molecular weight excluding hydrogens is 258 g/mol. The maximum absolute atomic E-state index is 5.92. The molecule has 2 rings (SSSR count). The molecule has 3 nitrogen and oxygen atoms in total. The fourth-order valence-electron chi connectivity index (χ4n) is 1.99. The highest BCUT2D eigenvalue weighted by molar-refractivity contribution is 6.28. The van der Waals surface area contributed by atoms with Crippen molar-refractivity contribution < 1.29 is 0 Å². The van der Waals surface area contributed by atoms with Crippen LogP contribution < -0.4 is 4.90 Å². The van der Waals surface area contributed by atoms with E-state index < -0.39 is 0 Å². The minimum absolute atomic E-state index is 0.291. The van der Waals surface area contributed by atoms with Crippen LogP contribution in [0.2, 0.25) is 5.28 Å². The molecule has 0 unspecified atom stereocenters. The lowest BCUT2D eigenvalue weighted by molar-refractivity contribution is 0.668. The summed E-state index contributed by atoms with van der Waals surface area (Å²) in [5.41, 5.74) is 2.29. The zero-order valence-electron chi connectivity index (χ0n) is 11.5. The van der Waals surface area contributed by atoms with Gasteiger partial charge in [-0.15, -0.1) is 0 Å². The molecule has 0 aliphatic carbocycles. The lowest BCUT2D eigenvalue weighted by Gasteiger charge is -2.29. The van der Waals surface area contributed by atoms with E-state index in [0.717, 1.165) is 17.9 Å². The van der Waals surface area contributed by atoms with Crippen LogP contribution in [0.15, 0.2) is 36.5 Å². The Hall–Kier alpha value is -1.61. The van der Waals surface area contributed by atoms with Crippen molar-refractivity contribution in [3.05, 3.63) is 52.9 Å². The molecule has 0 aliphatic heterocycles. The molecule has 0 bridgehead atoms. The molecule has 2 aromatic rings. The van der Waals surface area contributed by atoms with E-state index in [0.29, 0.717) is 11.3 Å². The second-order valence-corrected chi connectivity index (χ2v) is 5.19. The fraction of sp³-hybridized carbons (Fsp3) is 0.333. The van der Waals surface area contributed by atoms with Crippen LogP contribution in [0.5, 0.6) is 0 Å². The van der Waals surface area contributed by atoms with E-state index in [1.165, 1.54) is 5.56 Å². The van der Waals surface area contributed by atoms with E-state index in [-0.39, 0.29) is 0 Å². The average molecular weight is 276 g/mol. The van der Waals surface area contributed by atoms with Crippen molar-refractivity contribution in [2.75, 3.05) is 4.90 Å². The van der Waals surface area contributed by atoms with Crippen LogP contribution >= 0.6 is 11.6 Å². The third-order valence-corrected chi connectivity index (χ3v) is 3.19. The van der Waals surface area contributed by atoms with Gasteiger partial charge < -0.3 is 4.90 Å². The molecular formula is C15H18ClN3. The molecule has 4 heteroatoms. The average Bonchev–Trinajstić information content (AvgIpc) is 2.40. The predicted octanol–water partition coefficient (Wildman–Crippen LogP) is 3.85. The van der Waals surface area contributed by atoms with Gasteiger partial charge in [-0.3, -0.25) is 0 Å². The minimum atomic E-state index is 0.291. The fourth-order valence-corrected chi connectivity index (χ4v) is 2.11. The smallest absolute Gasteiger partial charge is 0.224 e. The van der Waals surface area contributed by atoms with Gasteiger partial charge in [-0.25, -0.2) is 9.97 Å². The number of rotatable bonds is 4. The number of hydrogen-bond acceptors (Lipinski definition) is 3. The highest BCUT2D eigenvalue weighted by Gasteiger charge is 2.15. The Labute approximate surface area is 119 Å². The van der Waals surface area contributed by atoms with Gasteiger partial charge in [-0.05, 0) is 37.9 Å². The molecule has 0 aliphatic rings. The molecule has 0 saturated heterocycles. The van der Waals surface area contributed by atoms with Crippen molar-refractivity contribution in [1.29, 1.82) is 0 Å². The van der Waals surface area contributed by atoms with Crippen LogP contribution in [-0.4, -0.2) is 16.0 Å². The number of aryl methyl sites for hydroxylation is 1. The van der Waals surface area contributed by atoms with Crippen molar-refractivity contribution in [1.82, 2.24) is 9.97 Å². The number of aromatic nitrogens is 2. The lowest BCUT2D eigenvalue weighted by Crippen LogP contribution is -2.31. The second-order valence-electron chi connectivity index (χ2n) is 4.85.